The summed E-state index contributed by atoms with van der Waals surface area (Å²) in [5.41, 5.74) is 2.06. The molecule has 0 spiro atoms. The van der Waals surface area contributed by atoms with Gasteiger partial charge in [0.25, 0.3) is 0 Å². The predicted molar refractivity (Wildman–Crippen MR) is 139 cm³/mol. The zero-order valence-electron chi connectivity index (χ0n) is 21.6. The molecule has 1 saturated heterocycles. The van der Waals surface area contributed by atoms with Crippen LogP contribution in [0.1, 0.15) is 54.8 Å². The number of likely N-dealkylation sites (N-methyl/N-ethyl adjacent to an activating group) is 1. The highest BCUT2D eigenvalue weighted by atomic mass is 19.1. The van der Waals surface area contributed by atoms with E-state index in [2.05, 4.69) is 15.5 Å². The van der Waals surface area contributed by atoms with Crippen molar-refractivity contribution in [3.05, 3.63) is 77.2 Å². The Morgan fingerprint density at radius 2 is 1.92 bits per heavy atom. The van der Waals surface area contributed by atoms with Gasteiger partial charge < -0.3 is 15.1 Å². The maximum Gasteiger partial charge on any atom is 0.243 e. The number of aromatic nitrogens is 3. The molecule has 1 N–H and O–H groups in total. The van der Waals surface area contributed by atoms with E-state index in [1.54, 1.807) is 24.2 Å². The maximum absolute atomic E-state index is 14.9. The smallest absolute Gasteiger partial charge is 0.243 e. The van der Waals surface area contributed by atoms with Crippen molar-refractivity contribution in [2.45, 2.75) is 56.9 Å². The zero-order valence-corrected chi connectivity index (χ0v) is 21.6. The first-order valence-electron chi connectivity index (χ1n) is 13.0. The van der Waals surface area contributed by atoms with Gasteiger partial charge in [0.1, 0.15) is 18.0 Å². The number of hydrogen-bond donors (Lipinski definition) is 1. The Bertz CT molecular complexity index is 1300. The lowest BCUT2D eigenvalue weighted by Crippen LogP contribution is -2.49. The molecule has 2 heterocycles. The minimum absolute atomic E-state index is 0.0745. The minimum Gasteiger partial charge on any atom is -0.348 e. The van der Waals surface area contributed by atoms with Gasteiger partial charge in [0, 0.05) is 13.5 Å². The quantitative estimate of drug-likeness (QED) is 0.465. The number of rotatable bonds is 9. The van der Waals surface area contributed by atoms with Crippen LogP contribution in [0.4, 0.5) is 14.6 Å². The summed E-state index contributed by atoms with van der Waals surface area (Å²) in [5, 5.41) is 11.4. The molecule has 1 aromatic heterocycles. The summed E-state index contributed by atoms with van der Waals surface area (Å²) < 4.78 is 29.5. The summed E-state index contributed by atoms with van der Waals surface area (Å²) in [6.07, 6.45) is 2.12. The van der Waals surface area contributed by atoms with Crippen molar-refractivity contribution in [3.8, 4) is 0 Å². The molecule has 10 heteroatoms. The number of hydrogen-bond acceptors (Lipinski definition) is 5. The summed E-state index contributed by atoms with van der Waals surface area (Å²) in [6.45, 7) is 2.26. The lowest BCUT2D eigenvalue weighted by atomic mass is 9.96. The van der Waals surface area contributed by atoms with Crippen molar-refractivity contribution in [1.82, 2.24) is 25.2 Å². The number of anilines is 1. The molecule has 1 saturated carbocycles. The molecule has 2 aliphatic rings. The molecule has 0 radical (unpaired) electrons. The third-order valence-electron chi connectivity index (χ3n) is 7.24. The SMILES string of the molecule is CCn1ncc(N(C)CC(=O)N2CC(F)CC2C(=O)NC(c2ccccc2)c2ccc(C3CC3)c(F)c2)n1. The van der Waals surface area contributed by atoms with Gasteiger partial charge in [0.2, 0.25) is 11.8 Å². The van der Waals surface area contributed by atoms with Gasteiger partial charge in [-0.1, -0.05) is 42.5 Å². The van der Waals surface area contributed by atoms with Crippen LogP contribution in [-0.2, 0) is 16.1 Å². The summed E-state index contributed by atoms with van der Waals surface area (Å²) in [6, 6.07) is 12.7. The summed E-state index contributed by atoms with van der Waals surface area (Å²) >= 11 is 0. The molecule has 5 rings (SSSR count). The number of carbonyl (C=O) groups is 2. The number of halogens is 2. The van der Waals surface area contributed by atoms with Crippen molar-refractivity contribution in [3.63, 3.8) is 0 Å². The maximum atomic E-state index is 14.9. The van der Waals surface area contributed by atoms with Gasteiger partial charge in [0.15, 0.2) is 5.82 Å². The number of benzene rings is 2. The molecule has 3 aromatic rings. The van der Waals surface area contributed by atoms with Crippen molar-refractivity contribution < 1.29 is 18.4 Å². The van der Waals surface area contributed by atoms with Gasteiger partial charge in [-0.3, -0.25) is 9.59 Å². The average Bonchev–Trinajstić information content (AvgIpc) is 3.49. The molecule has 8 nitrogen and oxygen atoms in total. The van der Waals surface area contributed by atoms with Crippen molar-refractivity contribution >= 4 is 17.6 Å². The van der Waals surface area contributed by atoms with Gasteiger partial charge in [-0.2, -0.15) is 9.90 Å². The van der Waals surface area contributed by atoms with E-state index in [0.29, 0.717) is 23.5 Å². The van der Waals surface area contributed by atoms with Crippen LogP contribution in [0.5, 0.6) is 0 Å². The molecule has 0 bridgehead atoms. The number of carbonyl (C=O) groups excluding carboxylic acids is 2. The molecule has 2 fully saturated rings. The third-order valence-corrected chi connectivity index (χ3v) is 7.24. The fourth-order valence-corrected chi connectivity index (χ4v) is 4.99. The molecule has 3 unspecified atom stereocenters. The molecular formula is C28H32F2N6O2. The number of aryl methyl sites for hydroxylation is 1. The molecule has 2 amide bonds. The topological polar surface area (TPSA) is 83.4 Å². The summed E-state index contributed by atoms with van der Waals surface area (Å²) in [4.78, 5) is 31.1. The number of amides is 2. The van der Waals surface area contributed by atoms with E-state index in [1.165, 1.54) is 15.8 Å². The summed E-state index contributed by atoms with van der Waals surface area (Å²) in [5.74, 6) is -0.366. The van der Waals surface area contributed by atoms with Crippen LogP contribution in [0.15, 0.2) is 54.7 Å². The van der Waals surface area contributed by atoms with Crippen molar-refractivity contribution in [2.24, 2.45) is 0 Å². The standard InChI is InChI=1S/C28H32F2N6O2/c1-3-36-31-15-25(33-36)34(2)17-26(37)35-16-21(29)14-24(35)28(38)32-27(19-7-5-4-6-8-19)20-11-12-22(18-9-10-18)23(30)13-20/h4-8,11-13,15,18,21,24,27H,3,9-10,14,16-17H2,1-2H3,(H,32,38). The van der Waals surface area contributed by atoms with Crippen LogP contribution in [0.3, 0.4) is 0 Å². The predicted octanol–water partition coefficient (Wildman–Crippen LogP) is 3.60. The van der Waals surface area contributed by atoms with Gasteiger partial charge in [-0.15, -0.1) is 5.10 Å². The summed E-state index contributed by atoms with van der Waals surface area (Å²) in [7, 11) is 1.70. The Labute approximate surface area is 220 Å². The molecule has 3 atom stereocenters. The van der Waals surface area contributed by atoms with Crippen LogP contribution >= 0.6 is 0 Å². The number of nitrogens with one attached hydrogen (secondary N) is 1. The number of alkyl halides is 1. The van der Waals surface area contributed by atoms with Gasteiger partial charge in [-0.05, 0) is 48.4 Å². The Balaban J connectivity index is 1.34. The molecule has 38 heavy (non-hydrogen) atoms. The van der Waals surface area contributed by atoms with Crippen LogP contribution in [0, 0.1) is 5.82 Å². The number of likely N-dealkylation sites (tertiary alicyclic amines) is 1. The van der Waals surface area contributed by atoms with Crippen LogP contribution in [-0.4, -0.2) is 64.1 Å². The Morgan fingerprint density at radius 1 is 1.16 bits per heavy atom. The first-order chi connectivity index (χ1) is 18.3. The first-order valence-corrected chi connectivity index (χ1v) is 13.0. The first kappa shape index (κ1) is 25.8. The highest BCUT2D eigenvalue weighted by molar-refractivity contribution is 5.90. The van der Waals surface area contributed by atoms with E-state index in [9.17, 15) is 18.4 Å². The molecule has 200 valence electrons. The largest absolute Gasteiger partial charge is 0.348 e. The van der Waals surface area contributed by atoms with E-state index in [1.807, 2.05) is 43.3 Å². The lowest BCUT2D eigenvalue weighted by molar-refractivity contribution is -0.137. The fraction of sp³-hybridized carbons (Fsp3) is 0.429. The van der Waals surface area contributed by atoms with E-state index >= 15 is 0 Å². The second-order valence-electron chi connectivity index (χ2n) is 10.0. The fourth-order valence-electron chi connectivity index (χ4n) is 4.99. The van der Waals surface area contributed by atoms with Gasteiger partial charge in [-0.25, -0.2) is 8.78 Å². The normalized spacial score (nSPS) is 19.8. The van der Waals surface area contributed by atoms with E-state index in [-0.39, 0.29) is 37.2 Å². The van der Waals surface area contributed by atoms with Crippen LogP contribution in [0.25, 0.3) is 0 Å². The second-order valence-corrected chi connectivity index (χ2v) is 10.0. The highest BCUT2D eigenvalue weighted by Crippen LogP contribution is 2.42. The van der Waals surface area contributed by atoms with Gasteiger partial charge >= 0.3 is 0 Å². The van der Waals surface area contributed by atoms with Crippen molar-refractivity contribution in [1.29, 1.82) is 0 Å². The molecular weight excluding hydrogens is 490 g/mol. The Kier molecular flexibility index (Phi) is 7.40. The third kappa shape index (κ3) is 5.54. The lowest BCUT2D eigenvalue weighted by Gasteiger charge is -2.28. The Hall–Kier alpha value is -3.82. The number of nitrogens with zero attached hydrogens (tertiary/aromatic N) is 5. The van der Waals surface area contributed by atoms with Gasteiger partial charge in [0.05, 0.1) is 31.9 Å². The highest BCUT2D eigenvalue weighted by Gasteiger charge is 2.41. The molecule has 1 aliphatic carbocycles. The van der Waals surface area contributed by atoms with Crippen LogP contribution in [0.2, 0.25) is 0 Å². The van der Waals surface area contributed by atoms with Crippen LogP contribution < -0.4 is 10.2 Å². The van der Waals surface area contributed by atoms with E-state index in [0.717, 1.165) is 18.4 Å². The van der Waals surface area contributed by atoms with E-state index < -0.39 is 24.2 Å². The monoisotopic (exact) mass is 522 g/mol. The van der Waals surface area contributed by atoms with E-state index in [4.69, 9.17) is 0 Å². The van der Waals surface area contributed by atoms with Crippen molar-refractivity contribution in [2.75, 3.05) is 25.0 Å². The average molecular weight is 523 g/mol. The molecule has 1 aliphatic heterocycles. The molecule has 2 aromatic carbocycles. The Morgan fingerprint density at radius 3 is 2.58 bits per heavy atom. The zero-order chi connectivity index (χ0) is 26.8. The minimum atomic E-state index is -1.31. The second kappa shape index (κ2) is 10.9.